The topological polar surface area (TPSA) is 75.3 Å². The molecule has 0 fully saturated rings. The average Bonchev–Trinajstić information content (AvgIpc) is 2.49. The van der Waals surface area contributed by atoms with Crippen molar-refractivity contribution in [3.05, 3.63) is 29.8 Å². The maximum Gasteiger partial charge on any atom is 0.241 e. The molecule has 5 nitrogen and oxygen atoms in total. The van der Waals surface area contributed by atoms with Crippen molar-refractivity contribution in [1.82, 2.24) is 10.0 Å². The second-order valence-corrected chi connectivity index (χ2v) is 8.61. The molecule has 2 N–H and O–H groups in total. The van der Waals surface area contributed by atoms with Crippen LogP contribution in [0.5, 0.6) is 0 Å². The molecule has 1 aromatic rings. The van der Waals surface area contributed by atoms with Crippen LogP contribution in [0, 0.1) is 12.8 Å². The molecule has 1 unspecified atom stereocenters. The third kappa shape index (κ3) is 6.93. The molecule has 130 valence electrons. The van der Waals surface area contributed by atoms with Crippen molar-refractivity contribution in [2.45, 2.75) is 38.1 Å². The Morgan fingerprint density at radius 1 is 1.22 bits per heavy atom. The Balaban J connectivity index is 2.86. The fraction of sp³-hybridized carbons (Fsp3) is 0.562. The number of rotatable bonds is 9. The van der Waals surface area contributed by atoms with Crippen molar-refractivity contribution in [3.8, 4) is 0 Å². The molecule has 7 heteroatoms. The molecule has 1 rings (SSSR count). The molecular weight excluding hydrogens is 332 g/mol. The zero-order valence-corrected chi connectivity index (χ0v) is 15.8. The van der Waals surface area contributed by atoms with Gasteiger partial charge in [0.15, 0.2) is 0 Å². The van der Waals surface area contributed by atoms with Crippen LogP contribution in [0.15, 0.2) is 29.2 Å². The summed E-state index contributed by atoms with van der Waals surface area (Å²) in [5.41, 5.74) is 0.984. The Morgan fingerprint density at radius 3 is 2.35 bits per heavy atom. The van der Waals surface area contributed by atoms with E-state index in [1.165, 1.54) is 0 Å². The van der Waals surface area contributed by atoms with Crippen molar-refractivity contribution >= 4 is 27.7 Å². The largest absolute Gasteiger partial charge is 0.354 e. The van der Waals surface area contributed by atoms with Crippen LogP contribution in [-0.2, 0) is 14.8 Å². The molecule has 0 aliphatic heterocycles. The second-order valence-electron chi connectivity index (χ2n) is 5.91. The van der Waals surface area contributed by atoms with Crippen LogP contribution in [0.3, 0.4) is 0 Å². The molecule has 0 heterocycles. The van der Waals surface area contributed by atoms with Crippen molar-refractivity contribution in [1.29, 1.82) is 0 Å². The number of carbonyl (C=O) groups excluding carboxylic acids is 1. The highest BCUT2D eigenvalue weighted by Gasteiger charge is 2.25. The number of amides is 1. The van der Waals surface area contributed by atoms with Gasteiger partial charge < -0.3 is 5.32 Å². The van der Waals surface area contributed by atoms with Crippen molar-refractivity contribution < 1.29 is 13.2 Å². The predicted molar refractivity (Wildman–Crippen MR) is 96.1 cm³/mol. The van der Waals surface area contributed by atoms with Crippen LogP contribution < -0.4 is 10.0 Å². The standard InChI is InChI=1S/C16H26N2O3S2/c1-12(2)11-17-16(19)15(9-10-22-4)18-23(20,21)14-7-5-13(3)6-8-14/h5-8,12,15,18H,9-11H2,1-4H3,(H,17,19). The fourth-order valence-corrected chi connectivity index (χ4v) is 3.58. The van der Waals surface area contributed by atoms with Gasteiger partial charge in [0.2, 0.25) is 15.9 Å². The van der Waals surface area contributed by atoms with Crippen molar-refractivity contribution in [2.24, 2.45) is 5.92 Å². The maximum absolute atomic E-state index is 12.5. The molecule has 0 aromatic heterocycles. The first-order valence-electron chi connectivity index (χ1n) is 7.62. The Labute approximate surface area is 143 Å². The Kier molecular flexibility index (Phi) is 8.08. The number of thioether (sulfide) groups is 1. The fourth-order valence-electron chi connectivity index (χ4n) is 1.88. The Morgan fingerprint density at radius 2 is 1.83 bits per heavy atom. The summed E-state index contributed by atoms with van der Waals surface area (Å²) in [4.78, 5) is 12.4. The minimum absolute atomic E-state index is 0.175. The van der Waals surface area contributed by atoms with Gasteiger partial charge in [-0.15, -0.1) is 0 Å². The van der Waals surface area contributed by atoms with Gasteiger partial charge in [0.25, 0.3) is 0 Å². The molecule has 1 amide bonds. The molecule has 0 saturated heterocycles. The van der Waals surface area contributed by atoms with E-state index in [1.54, 1.807) is 36.0 Å². The number of hydrogen-bond acceptors (Lipinski definition) is 4. The quantitative estimate of drug-likeness (QED) is 0.709. The van der Waals surface area contributed by atoms with E-state index in [4.69, 9.17) is 0 Å². The molecule has 0 saturated carbocycles. The SMILES string of the molecule is CSCCC(NS(=O)(=O)c1ccc(C)cc1)C(=O)NCC(C)C. The average molecular weight is 359 g/mol. The van der Waals surface area contributed by atoms with Gasteiger partial charge in [-0.25, -0.2) is 8.42 Å². The predicted octanol–water partition coefficient (Wildman–Crippen LogP) is 2.17. The highest BCUT2D eigenvalue weighted by molar-refractivity contribution is 7.98. The summed E-state index contributed by atoms with van der Waals surface area (Å²) in [6.45, 7) is 6.41. The van der Waals surface area contributed by atoms with Gasteiger partial charge in [-0.3, -0.25) is 4.79 Å². The van der Waals surface area contributed by atoms with Gasteiger partial charge in [-0.05, 0) is 43.4 Å². The van der Waals surface area contributed by atoms with Gasteiger partial charge in [0, 0.05) is 6.54 Å². The van der Waals surface area contributed by atoms with E-state index >= 15 is 0 Å². The minimum Gasteiger partial charge on any atom is -0.354 e. The van der Waals surface area contributed by atoms with Gasteiger partial charge in [-0.2, -0.15) is 16.5 Å². The molecule has 23 heavy (non-hydrogen) atoms. The lowest BCUT2D eigenvalue weighted by atomic mass is 10.2. The summed E-state index contributed by atoms with van der Waals surface area (Å²) < 4.78 is 27.5. The maximum atomic E-state index is 12.5. The monoisotopic (exact) mass is 358 g/mol. The summed E-state index contributed by atoms with van der Waals surface area (Å²) >= 11 is 1.58. The normalized spacial score (nSPS) is 13.1. The lowest BCUT2D eigenvalue weighted by Gasteiger charge is -2.19. The van der Waals surface area contributed by atoms with E-state index < -0.39 is 16.1 Å². The smallest absolute Gasteiger partial charge is 0.241 e. The third-order valence-corrected chi connectivity index (χ3v) is 5.37. The highest BCUT2D eigenvalue weighted by atomic mass is 32.2. The van der Waals surface area contributed by atoms with Gasteiger partial charge >= 0.3 is 0 Å². The lowest BCUT2D eigenvalue weighted by molar-refractivity contribution is -0.122. The van der Waals surface area contributed by atoms with Gasteiger partial charge in [0.1, 0.15) is 6.04 Å². The molecule has 1 aromatic carbocycles. The molecule has 0 radical (unpaired) electrons. The summed E-state index contributed by atoms with van der Waals surface area (Å²) in [6, 6.07) is 5.83. The van der Waals surface area contributed by atoms with E-state index in [0.29, 0.717) is 24.6 Å². The number of benzene rings is 1. The van der Waals surface area contributed by atoms with E-state index in [1.807, 2.05) is 27.0 Å². The van der Waals surface area contributed by atoms with Gasteiger partial charge in [0.05, 0.1) is 4.90 Å². The van der Waals surface area contributed by atoms with E-state index in [0.717, 1.165) is 5.56 Å². The van der Waals surface area contributed by atoms with Crippen molar-refractivity contribution in [3.63, 3.8) is 0 Å². The summed E-state index contributed by atoms with van der Waals surface area (Å²) in [7, 11) is -3.71. The Hall–Kier alpha value is -1.05. The summed E-state index contributed by atoms with van der Waals surface area (Å²) in [5, 5.41) is 2.80. The number of hydrogen-bond donors (Lipinski definition) is 2. The van der Waals surface area contributed by atoms with E-state index in [2.05, 4.69) is 10.0 Å². The minimum atomic E-state index is -3.71. The van der Waals surface area contributed by atoms with Crippen LogP contribution in [0.25, 0.3) is 0 Å². The van der Waals surface area contributed by atoms with Crippen LogP contribution in [-0.4, -0.2) is 38.9 Å². The number of aryl methyl sites for hydroxylation is 1. The number of carbonyl (C=O) groups is 1. The van der Waals surface area contributed by atoms with Crippen molar-refractivity contribution in [2.75, 3.05) is 18.6 Å². The number of nitrogens with one attached hydrogen (secondary N) is 2. The molecule has 0 aliphatic rings. The van der Waals surface area contributed by atoms with Crippen LogP contribution in [0.1, 0.15) is 25.8 Å². The summed E-state index contributed by atoms with van der Waals surface area (Å²) in [6.07, 6.45) is 2.38. The molecular formula is C16H26N2O3S2. The highest BCUT2D eigenvalue weighted by Crippen LogP contribution is 2.12. The number of sulfonamides is 1. The van der Waals surface area contributed by atoms with E-state index in [9.17, 15) is 13.2 Å². The first kappa shape index (κ1) is 20.0. The van der Waals surface area contributed by atoms with Crippen LogP contribution in [0.2, 0.25) is 0 Å². The zero-order valence-electron chi connectivity index (χ0n) is 14.1. The second kappa shape index (κ2) is 9.30. The molecule has 0 bridgehead atoms. The summed E-state index contributed by atoms with van der Waals surface area (Å²) in [5.74, 6) is 0.744. The Bertz CT molecular complexity index is 598. The zero-order chi connectivity index (χ0) is 17.5. The first-order valence-corrected chi connectivity index (χ1v) is 10.5. The molecule has 0 aliphatic carbocycles. The first-order chi connectivity index (χ1) is 10.8. The van der Waals surface area contributed by atoms with Crippen LogP contribution >= 0.6 is 11.8 Å². The van der Waals surface area contributed by atoms with E-state index in [-0.39, 0.29) is 10.8 Å². The lowest BCUT2D eigenvalue weighted by Crippen LogP contribution is -2.47. The molecule has 1 atom stereocenters. The molecule has 0 spiro atoms. The van der Waals surface area contributed by atoms with Crippen LogP contribution in [0.4, 0.5) is 0 Å². The third-order valence-electron chi connectivity index (χ3n) is 3.24. The van der Waals surface area contributed by atoms with Gasteiger partial charge in [-0.1, -0.05) is 31.5 Å².